The van der Waals surface area contributed by atoms with Crippen LogP contribution in [0.5, 0.6) is 0 Å². The van der Waals surface area contributed by atoms with Crippen molar-refractivity contribution in [2.75, 3.05) is 0 Å². The quantitative estimate of drug-likeness (QED) is 0.511. The van der Waals surface area contributed by atoms with Crippen LogP contribution in [0.25, 0.3) is 11.0 Å². The molecule has 0 bridgehead atoms. The van der Waals surface area contributed by atoms with Crippen LogP contribution in [0.1, 0.15) is 34.5 Å². The monoisotopic (exact) mass is 376 g/mol. The van der Waals surface area contributed by atoms with Gasteiger partial charge in [-0.05, 0) is 29.5 Å². The van der Waals surface area contributed by atoms with Crippen LogP contribution in [-0.4, -0.2) is 0 Å². The van der Waals surface area contributed by atoms with E-state index in [1.54, 1.807) is 17.4 Å². The minimum atomic E-state index is -0.286. The first-order valence-electron chi connectivity index (χ1n) is 9.22. The molecule has 0 fully saturated rings. The highest BCUT2D eigenvalue weighted by Crippen LogP contribution is 2.23. The zero-order chi connectivity index (χ0) is 18.6. The zero-order valence-corrected chi connectivity index (χ0v) is 16.0. The lowest BCUT2D eigenvalue weighted by Gasteiger charge is -2.15. The SMILES string of the molecule is CCc1ccc2c(C[NH2+][C@H](c3ccccc3)c3cccs3)cc(=O)oc2c1. The molecule has 0 radical (unpaired) electrons. The van der Waals surface area contributed by atoms with Gasteiger partial charge in [0.05, 0.1) is 4.88 Å². The third-order valence-electron chi connectivity index (χ3n) is 4.88. The van der Waals surface area contributed by atoms with E-state index in [1.165, 1.54) is 16.0 Å². The lowest BCUT2D eigenvalue weighted by atomic mass is 10.0. The van der Waals surface area contributed by atoms with E-state index >= 15 is 0 Å². The van der Waals surface area contributed by atoms with E-state index < -0.39 is 0 Å². The molecule has 0 aliphatic carbocycles. The summed E-state index contributed by atoms with van der Waals surface area (Å²) in [4.78, 5) is 13.4. The Hall–Kier alpha value is -2.69. The van der Waals surface area contributed by atoms with Gasteiger partial charge in [-0.25, -0.2) is 4.79 Å². The first-order valence-corrected chi connectivity index (χ1v) is 10.1. The number of quaternary nitrogens is 1. The Kier molecular flexibility index (Phi) is 5.19. The molecule has 2 N–H and O–H groups in total. The summed E-state index contributed by atoms with van der Waals surface area (Å²) < 4.78 is 5.44. The molecular formula is C23H22NO2S+. The van der Waals surface area contributed by atoms with E-state index in [-0.39, 0.29) is 11.7 Å². The van der Waals surface area contributed by atoms with E-state index in [1.807, 2.05) is 12.1 Å². The number of hydrogen-bond acceptors (Lipinski definition) is 3. The van der Waals surface area contributed by atoms with Crippen molar-refractivity contribution >= 4 is 22.3 Å². The Bertz CT molecular complexity index is 1080. The summed E-state index contributed by atoms with van der Waals surface area (Å²) in [6.45, 7) is 2.81. The Morgan fingerprint density at radius 3 is 2.63 bits per heavy atom. The Morgan fingerprint density at radius 1 is 1.04 bits per heavy atom. The van der Waals surface area contributed by atoms with Crippen molar-refractivity contribution in [3.05, 3.63) is 104 Å². The summed E-state index contributed by atoms with van der Waals surface area (Å²) >= 11 is 1.76. The van der Waals surface area contributed by atoms with Crippen LogP contribution in [0, 0.1) is 0 Å². The molecule has 136 valence electrons. The fraction of sp³-hybridized carbons (Fsp3) is 0.174. The zero-order valence-electron chi connectivity index (χ0n) is 15.2. The summed E-state index contributed by atoms with van der Waals surface area (Å²) in [5, 5.41) is 5.42. The molecule has 0 unspecified atom stereocenters. The first-order chi connectivity index (χ1) is 13.2. The van der Waals surface area contributed by atoms with Crippen molar-refractivity contribution < 1.29 is 9.73 Å². The van der Waals surface area contributed by atoms with Gasteiger partial charge in [-0.2, -0.15) is 0 Å². The lowest BCUT2D eigenvalue weighted by Crippen LogP contribution is -2.83. The van der Waals surface area contributed by atoms with Gasteiger partial charge in [0, 0.05) is 22.6 Å². The van der Waals surface area contributed by atoms with Gasteiger partial charge in [-0.1, -0.05) is 55.5 Å². The van der Waals surface area contributed by atoms with Crippen LogP contribution in [0.15, 0.2) is 81.3 Å². The lowest BCUT2D eigenvalue weighted by molar-refractivity contribution is -0.701. The van der Waals surface area contributed by atoms with Crippen molar-refractivity contribution in [2.24, 2.45) is 0 Å². The molecule has 0 aliphatic rings. The van der Waals surface area contributed by atoms with Crippen molar-refractivity contribution in [2.45, 2.75) is 25.9 Å². The molecule has 1 atom stereocenters. The summed E-state index contributed by atoms with van der Waals surface area (Å²) in [5.41, 5.74) is 3.85. The largest absolute Gasteiger partial charge is 0.423 e. The van der Waals surface area contributed by atoms with Crippen molar-refractivity contribution in [1.29, 1.82) is 0 Å². The maximum atomic E-state index is 12.1. The van der Waals surface area contributed by atoms with Gasteiger partial charge in [0.25, 0.3) is 0 Å². The fourth-order valence-corrected chi connectivity index (χ4v) is 4.30. The van der Waals surface area contributed by atoms with Gasteiger partial charge in [0.2, 0.25) is 0 Å². The Balaban J connectivity index is 1.68. The highest BCUT2D eigenvalue weighted by molar-refractivity contribution is 7.10. The van der Waals surface area contributed by atoms with E-state index in [9.17, 15) is 4.79 Å². The maximum Gasteiger partial charge on any atom is 0.336 e. The molecule has 4 aromatic rings. The van der Waals surface area contributed by atoms with Crippen molar-refractivity contribution in [1.82, 2.24) is 0 Å². The number of fused-ring (bicyclic) bond motifs is 1. The molecular weight excluding hydrogens is 354 g/mol. The van der Waals surface area contributed by atoms with Crippen molar-refractivity contribution in [3.63, 3.8) is 0 Å². The normalized spacial score (nSPS) is 12.3. The van der Waals surface area contributed by atoms with Gasteiger partial charge in [-0.15, -0.1) is 11.3 Å². The average Bonchev–Trinajstić information content (AvgIpc) is 3.22. The molecule has 2 heterocycles. The molecule has 2 aromatic heterocycles. The average molecular weight is 377 g/mol. The van der Waals surface area contributed by atoms with Crippen LogP contribution < -0.4 is 10.9 Å². The van der Waals surface area contributed by atoms with Gasteiger partial charge >= 0.3 is 5.63 Å². The Labute approximate surface area is 162 Å². The predicted molar refractivity (Wildman–Crippen MR) is 110 cm³/mol. The van der Waals surface area contributed by atoms with E-state index in [2.05, 4.69) is 66.2 Å². The summed E-state index contributed by atoms with van der Waals surface area (Å²) in [6, 6.07) is 22.8. The van der Waals surface area contributed by atoms with E-state index in [0.717, 1.165) is 17.4 Å². The third kappa shape index (κ3) is 3.87. The molecule has 0 saturated heterocycles. The second-order valence-electron chi connectivity index (χ2n) is 6.62. The topological polar surface area (TPSA) is 46.8 Å². The predicted octanol–water partition coefficient (Wildman–Crippen LogP) is 4.27. The van der Waals surface area contributed by atoms with Crippen LogP contribution in [0.2, 0.25) is 0 Å². The molecule has 2 aromatic carbocycles. The highest BCUT2D eigenvalue weighted by atomic mass is 32.1. The molecule has 4 heteroatoms. The summed E-state index contributed by atoms with van der Waals surface area (Å²) in [5.74, 6) is 0. The Morgan fingerprint density at radius 2 is 1.89 bits per heavy atom. The van der Waals surface area contributed by atoms with E-state index in [4.69, 9.17) is 4.42 Å². The number of nitrogens with two attached hydrogens (primary N) is 1. The molecule has 0 amide bonds. The maximum absolute atomic E-state index is 12.1. The van der Waals surface area contributed by atoms with Crippen LogP contribution >= 0.6 is 11.3 Å². The fourth-order valence-electron chi connectivity index (χ4n) is 3.45. The highest BCUT2D eigenvalue weighted by Gasteiger charge is 2.19. The number of hydrogen-bond donors (Lipinski definition) is 1. The van der Waals surface area contributed by atoms with Gasteiger partial charge < -0.3 is 9.73 Å². The first kappa shape index (κ1) is 17.7. The van der Waals surface area contributed by atoms with Gasteiger partial charge in [0.1, 0.15) is 18.2 Å². The molecule has 0 spiro atoms. The van der Waals surface area contributed by atoms with E-state index in [0.29, 0.717) is 12.1 Å². The second-order valence-corrected chi connectivity index (χ2v) is 7.60. The number of aryl methyl sites for hydroxylation is 1. The molecule has 27 heavy (non-hydrogen) atoms. The van der Waals surface area contributed by atoms with Crippen LogP contribution in [0.4, 0.5) is 0 Å². The van der Waals surface area contributed by atoms with Gasteiger partial charge in [0.15, 0.2) is 0 Å². The standard InChI is InChI=1S/C23H21NO2S/c1-2-16-10-11-19-18(14-22(25)26-20(19)13-16)15-24-23(21-9-6-12-27-21)17-7-4-3-5-8-17/h3-14,23-24H,2,15H2,1H3/p+1/t23-/m1/s1. The third-order valence-corrected chi connectivity index (χ3v) is 5.84. The minimum Gasteiger partial charge on any atom is -0.423 e. The molecule has 3 nitrogen and oxygen atoms in total. The van der Waals surface area contributed by atoms with Crippen LogP contribution in [0.3, 0.4) is 0 Å². The number of thiophene rings is 1. The summed E-state index contributed by atoms with van der Waals surface area (Å²) in [7, 11) is 0. The number of benzene rings is 2. The minimum absolute atomic E-state index is 0.211. The molecule has 0 saturated carbocycles. The van der Waals surface area contributed by atoms with Gasteiger partial charge in [-0.3, -0.25) is 0 Å². The smallest absolute Gasteiger partial charge is 0.336 e. The number of rotatable bonds is 6. The van der Waals surface area contributed by atoms with Crippen LogP contribution in [-0.2, 0) is 13.0 Å². The molecule has 0 aliphatic heterocycles. The second kappa shape index (κ2) is 7.91. The van der Waals surface area contributed by atoms with Crippen molar-refractivity contribution in [3.8, 4) is 0 Å². The molecule has 4 rings (SSSR count). The summed E-state index contributed by atoms with van der Waals surface area (Å²) in [6.07, 6.45) is 0.921.